The predicted molar refractivity (Wildman–Crippen MR) is 55.7 cm³/mol. The van der Waals surface area contributed by atoms with Crippen molar-refractivity contribution in [3.63, 3.8) is 0 Å². The highest BCUT2D eigenvalue weighted by atomic mass is 35.5. The number of pyridine rings is 1. The fourth-order valence-electron chi connectivity index (χ4n) is 1.26. The Labute approximate surface area is 81.3 Å². The molecule has 0 aliphatic carbocycles. The van der Waals surface area contributed by atoms with Crippen molar-refractivity contribution in [2.45, 2.75) is 5.88 Å². The minimum atomic E-state index is 0.493. The van der Waals surface area contributed by atoms with Crippen molar-refractivity contribution < 1.29 is 0 Å². The van der Waals surface area contributed by atoms with Crippen molar-refractivity contribution in [3.8, 4) is 0 Å². The SMILES string of the molecule is Nc1ccc2cc(CCl)cnc2c1. The number of alkyl halides is 1. The summed E-state index contributed by atoms with van der Waals surface area (Å²) in [6, 6.07) is 7.69. The van der Waals surface area contributed by atoms with Crippen LogP contribution in [0.3, 0.4) is 0 Å². The highest BCUT2D eigenvalue weighted by Crippen LogP contribution is 2.17. The largest absolute Gasteiger partial charge is 0.399 e. The lowest BCUT2D eigenvalue weighted by atomic mass is 10.1. The molecule has 0 bridgehead atoms. The number of rotatable bonds is 1. The molecule has 2 N–H and O–H groups in total. The van der Waals surface area contributed by atoms with Crippen molar-refractivity contribution in [2.24, 2.45) is 0 Å². The molecule has 13 heavy (non-hydrogen) atoms. The maximum Gasteiger partial charge on any atom is 0.0722 e. The van der Waals surface area contributed by atoms with E-state index in [-0.39, 0.29) is 0 Å². The third-order valence-corrected chi connectivity index (χ3v) is 2.23. The summed E-state index contributed by atoms with van der Waals surface area (Å²) in [5.41, 5.74) is 8.30. The Morgan fingerprint density at radius 2 is 2.15 bits per heavy atom. The van der Waals surface area contributed by atoms with Crippen LogP contribution in [-0.2, 0) is 5.88 Å². The maximum atomic E-state index is 5.69. The van der Waals surface area contributed by atoms with Crippen LogP contribution in [0.1, 0.15) is 5.56 Å². The third kappa shape index (κ3) is 1.58. The first kappa shape index (κ1) is 8.32. The molecule has 0 saturated carbocycles. The van der Waals surface area contributed by atoms with Crippen LogP contribution < -0.4 is 5.73 Å². The third-order valence-electron chi connectivity index (χ3n) is 1.92. The van der Waals surface area contributed by atoms with E-state index in [1.165, 1.54) is 0 Å². The Morgan fingerprint density at radius 1 is 1.31 bits per heavy atom. The van der Waals surface area contributed by atoms with E-state index in [1.54, 1.807) is 6.20 Å². The standard InChI is InChI=1S/C10H9ClN2/c11-5-7-3-8-1-2-9(12)4-10(8)13-6-7/h1-4,6H,5,12H2. The molecule has 0 saturated heterocycles. The normalized spacial score (nSPS) is 10.5. The smallest absolute Gasteiger partial charge is 0.0722 e. The number of fused-ring (bicyclic) bond motifs is 1. The number of anilines is 1. The molecular formula is C10H9ClN2. The first-order valence-corrected chi connectivity index (χ1v) is 4.53. The van der Waals surface area contributed by atoms with E-state index in [2.05, 4.69) is 4.98 Å². The van der Waals surface area contributed by atoms with Crippen LogP contribution in [0.4, 0.5) is 5.69 Å². The van der Waals surface area contributed by atoms with Gasteiger partial charge < -0.3 is 5.73 Å². The van der Waals surface area contributed by atoms with Crippen molar-refractivity contribution >= 4 is 28.2 Å². The van der Waals surface area contributed by atoms with Crippen LogP contribution in [0.2, 0.25) is 0 Å². The monoisotopic (exact) mass is 192 g/mol. The van der Waals surface area contributed by atoms with E-state index < -0.39 is 0 Å². The minimum Gasteiger partial charge on any atom is -0.399 e. The molecule has 0 fully saturated rings. The summed E-state index contributed by atoms with van der Waals surface area (Å²) in [4.78, 5) is 4.25. The molecule has 0 aliphatic rings. The summed E-state index contributed by atoms with van der Waals surface area (Å²) in [7, 11) is 0. The van der Waals surface area contributed by atoms with Gasteiger partial charge in [-0.25, -0.2) is 0 Å². The highest BCUT2D eigenvalue weighted by molar-refractivity contribution is 6.17. The Bertz CT molecular complexity index is 440. The number of nitrogens with zero attached hydrogens (tertiary/aromatic N) is 1. The van der Waals surface area contributed by atoms with E-state index in [1.807, 2.05) is 24.3 Å². The van der Waals surface area contributed by atoms with E-state index in [0.29, 0.717) is 5.88 Å². The van der Waals surface area contributed by atoms with E-state index >= 15 is 0 Å². The topological polar surface area (TPSA) is 38.9 Å². The molecule has 2 aromatic rings. The predicted octanol–water partition coefficient (Wildman–Crippen LogP) is 2.56. The zero-order chi connectivity index (χ0) is 9.26. The van der Waals surface area contributed by atoms with E-state index in [0.717, 1.165) is 22.2 Å². The molecule has 1 heterocycles. The molecule has 2 nitrogen and oxygen atoms in total. The average molecular weight is 193 g/mol. The zero-order valence-corrected chi connectivity index (χ0v) is 7.75. The van der Waals surface area contributed by atoms with Crippen LogP contribution in [0.5, 0.6) is 0 Å². The molecule has 1 aromatic heterocycles. The Morgan fingerprint density at radius 3 is 2.92 bits per heavy atom. The van der Waals surface area contributed by atoms with Gasteiger partial charge in [0.05, 0.1) is 5.52 Å². The molecule has 0 aliphatic heterocycles. The first-order chi connectivity index (χ1) is 6.29. The molecule has 0 spiro atoms. The van der Waals surface area contributed by atoms with Crippen molar-refractivity contribution in [1.29, 1.82) is 0 Å². The Balaban J connectivity index is 2.66. The summed E-state index contributed by atoms with van der Waals surface area (Å²) in [5.74, 6) is 0.493. The Hall–Kier alpha value is -1.28. The molecule has 0 unspecified atom stereocenters. The van der Waals surface area contributed by atoms with Crippen molar-refractivity contribution in [2.75, 3.05) is 5.73 Å². The number of hydrogen-bond acceptors (Lipinski definition) is 2. The number of aromatic nitrogens is 1. The Kier molecular flexibility index (Phi) is 2.07. The van der Waals surface area contributed by atoms with Crippen LogP contribution in [0.15, 0.2) is 30.5 Å². The molecule has 0 atom stereocenters. The summed E-state index contributed by atoms with van der Waals surface area (Å²) < 4.78 is 0. The van der Waals surface area contributed by atoms with Gasteiger partial charge in [-0.1, -0.05) is 6.07 Å². The molecule has 66 valence electrons. The number of nitrogen functional groups attached to an aromatic ring is 1. The number of benzene rings is 1. The van der Waals surface area contributed by atoms with Gasteiger partial charge in [-0.2, -0.15) is 0 Å². The molecular weight excluding hydrogens is 184 g/mol. The van der Waals surface area contributed by atoms with Crippen LogP contribution in [0.25, 0.3) is 10.9 Å². The number of hydrogen-bond donors (Lipinski definition) is 1. The lowest BCUT2D eigenvalue weighted by Gasteiger charge is -2.00. The van der Waals surface area contributed by atoms with Gasteiger partial charge in [0, 0.05) is 23.2 Å². The molecule has 3 heteroatoms. The molecule has 0 radical (unpaired) electrons. The van der Waals surface area contributed by atoms with Gasteiger partial charge in [0.25, 0.3) is 0 Å². The second-order valence-corrected chi connectivity index (χ2v) is 3.20. The van der Waals surface area contributed by atoms with Gasteiger partial charge in [-0.05, 0) is 23.8 Å². The summed E-state index contributed by atoms with van der Waals surface area (Å²) in [5, 5.41) is 1.08. The van der Waals surface area contributed by atoms with Crippen molar-refractivity contribution in [1.82, 2.24) is 4.98 Å². The average Bonchev–Trinajstić information content (AvgIpc) is 2.17. The van der Waals surface area contributed by atoms with Gasteiger partial charge in [-0.15, -0.1) is 11.6 Å². The molecule has 2 rings (SSSR count). The van der Waals surface area contributed by atoms with E-state index in [4.69, 9.17) is 17.3 Å². The van der Waals surface area contributed by atoms with Gasteiger partial charge in [-0.3, -0.25) is 4.98 Å². The fraction of sp³-hybridized carbons (Fsp3) is 0.100. The van der Waals surface area contributed by atoms with Gasteiger partial charge in [0.1, 0.15) is 0 Å². The first-order valence-electron chi connectivity index (χ1n) is 4.00. The zero-order valence-electron chi connectivity index (χ0n) is 7.00. The van der Waals surface area contributed by atoms with Gasteiger partial charge in [0.15, 0.2) is 0 Å². The van der Waals surface area contributed by atoms with Crippen molar-refractivity contribution in [3.05, 3.63) is 36.0 Å². The highest BCUT2D eigenvalue weighted by Gasteiger charge is 1.96. The minimum absolute atomic E-state index is 0.493. The summed E-state index contributed by atoms with van der Waals surface area (Å²) >= 11 is 5.69. The number of halogens is 1. The second kappa shape index (κ2) is 3.23. The van der Waals surface area contributed by atoms with Crippen LogP contribution >= 0.6 is 11.6 Å². The molecule has 1 aromatic carbocycles. The summed E-state index contributed by atoms with van der Waals surface area (Å²) in [6.45, 7) is 0. The maximum absolute atomic E-state index is 5.69. The second-order valence-electron chi connectivity index (χ2n) is 2.93. The quantitative estimate of drug-likeness (QED) is 0.557. The number of nitrogens with two attached hydrogens (primary N) is 1. The fourth-order valence-corrected chi connectivity index (χ4v) is 1.40. The van der Waals surface area contributed by atoms with Crippen LogP contribution in [0, 0.1) is 0 Å². The summed E-state index contributed by atoms with van der Waals surface area (Å²) in [6.07, 6.45) is 1.77. The van der Waals surface area contributed by atoms with Crippen LogP contribution in [-0.4, -0.2) is 4.98 Å². The lowest BCUT2D eigenvalue weighted by Crippen LogP contribution is -1.87. The molecule has 0 amide bonds. The van der Waals surface area contributed by atoms with Gasteiger partial charge in [0.2, 0.25) is 0 Å². The van der Waals surface area contributed by atoms with E-state index in [9.17, 15) is 0 Å². The van der Waals surface area contributed by atoms with Gasteiger partial charge >= 0.3 is 0 Å². The lowest BCUT2D eigenvalue weighted by molar-refractivity contribution is 1.30.